The monoisotopic (exact) mass is 431 g/mol. The van der Waals surface area contributed by atoms with Gasteiger partial charge < -0.3 is 10.1 Å². The van der Waals surface area contributed by atoms with Crippen LogP contribution >= 0.6 is 23.2 Å². The fraction of sp³-hybridized carbons (Fsp3) is 0.292. The largest absolute Gasteiger partial charge is 0.496 e. The minimum Gasteiger partial charge on any atom is -0.496 e. The minimum absolute atomic E-state index is 0.250. The second-order valence-electron chi connectivity index (χ2n) is 7.26. The SMILES string of the molecule is C=C(/C=C(\OC)c1ccc(CC)cc1Cl)C(=O)Nc1ccc(CC(C)C)c(Cl)c1. The Morgan fingerprint density at radius 3 is 2.45 bits per heavy atom. The van der Waals surface area contributed by atoms with E-state index in [-0.39, 0.29) is 11.5 Å². The van der Waals surface area contributed by atoms with E-state index in [0.717, 1.165) is 24.0 Å². The normalized spacial score (nSPS) is 11.5. The molecule has 0 bridgehead atoms. The zero-order valence-corrected chi connectivity index (χ0v) is 18.8. The smallest absolute Gasteiger partial charge is 0.255 e. The first-order valence-electron chi connectivity index (χ1n) is 9.58. The molecule has 29 heavy (non-hydrogen) atoms. The third-order valence-electron chi connectivity index (χ3n) is 4.46. The number of benzene rings is 2. The summed E-state index contributed by atoms with van der Waals surface area (Å²) in [5, 5.41) is 4.03. The Morgan fingerprint density at radius 1 is 1.17 bits per heavy atom. The van der Waals surface area contributed by atoms with Gasteiger partial charge >= 0.3 is 0 Å². The fourth-order valence-corrected chi connectivity index (χ4v) is 3.44. The van der Waals surface area contributed by atoms with Gasteiger partial charge in [0.2, 0.25) is 0 Å². The predicted molar refractivity (Wildman–Crippen MR) is 124 cm³/mol. The average molecular weight is 432 g/mol. The highest BCUT2D eigenvalue weighted by atomic mass is 35.5. The number of anilines is 1. The number of amides is 1. The van der Waals surface area contributed by atoms with Crippen molar-refractivity contribution >= 4 is 40.6 Å². The molecule has 0 saturated heterocycles. The molecular weight excluding hydrogens is 405 g/mol. The molecule has 0 unspecified atom stereocenters. The molecule has 0 radical (unpaired) electrons. The van der Waals surface area contributed by atoms with Crippen LogP contribution in [0, 0.1) is 5.92 Å². The van der Waals surface area contributed by atoms with Crippen LogP contribution < -0.4 is 5.32 Å². The number of hydrogen-bond acceptors (Lipinski definition) is 2. The lowest BCUT2D eigenvalue weighted by molar-refractivity contribution is -0.112. The topological polar surface area (TPSA) is 38.3 Å². The second kappa shape index (κ2) is 10.5. The Hall–Kier alpha value is -2.23. The first-order chi connectivity index (χ1) is 13.7. The third kappa shape index (κ3) is 6.38. The lowest BCUT2D eigenvalue weighted by Crippen LogP contribution is -2.13. The molecule has 1 N–H and O–H groups in total. The van der Waals surface area contributed by atoms with Gasteiger partial charge in [0.15, 0.2) is 0 Å². The molecule has 154 valence electrons. The van der Waals surface area contributed by atoms with Crippen molar-refractivity contribution in [1.82, 2.24) is 0 Å². The van der Waals surface area contributed by atoms with Gasteiger partial charge in [-0.05, 0) is 60.2 Å². The van der Waals surface area contributed by atoms with Crippen LogP contribution in [-0.4, -0.2) is 13.0 Å². The van der Waals surface area contributed by atoms with E-state index in [1.807, 2.05) is 30.3 Å². The number of carbonyl (C=O) groups is 1. The van der Waals surface area contributed by atoms with Crippen LogP contribution in [0.1, 0.15) is 37.5 Å². The third-order valence-corrected chi connectivity index (χ3v) is 5.13. The van der Waals surface area contributed by atoms with Crippen LogP contribution in [0.25, 0.3) is 5.76 Å². The maximum absolute atomic E-state index is 12.6. The van der Waals surface area contributed by atoms with Crippen molar-refractivity contribution in [2.24, 2.45) is 5.92 Å². The highest BCUT2D eigenvalue weighted by Crippen LogP contribution is 2.27. The van der Waals surface area contributed by atoms with Crippen LogP contribution in [0.4, 0.5) is 5.69 Å². The van der Waals surface area contributed by atoms with Crippen molar-refractivity contribution in [3.63, 3.8) is 0 Å². The first kappa shape index (κ1) is 23.1. The Kier molecular flexibility index (Phi) is 8.36. The standard InChI is InChI=1S/C24H27Cl2NO2/c1-6-17-7-10-20(22(26)13-17)23(29-5)12-16(4)24(28)27-19-9-8-18(11-15(2)3)21(25)14-19/h7-10,12-15H,4,6,11H2,1-3,5H3,(H,27,28)/b23-12-. The molecule has 5 heteroatoms. The van der Waals surface area contributed by atoms with Crippen LogP contribution in [-0.2, 0) is 22.4 Å². The Bertz CT molecular complexity index is 932. The van der Waals surface area contributed by atoms with E-state index in [4.69, 9.17) is 27.9 Å². The molecule has 0 heterocycles. The van der Waals surface area contributed by atoms with E-state index in [1.54, 1.807) is 12.1 Å². The molecule has 0 fully saturated rings. The van der Waals surface area contributed by atoms with Gasteiger partial charge in [0.25, 0.3) is 5.91 Å². The number of carbonyl (C=O) groups excluding carboxylic acids is 1. The quantitative estimate of drug-likeness (QED) is 0.279. The summed E-state index contributed by atoms with van der Waals surface area (Å²) in [6.07, 6.45) is 3.36. The molecule has 3 nitrogen and oxygen atoms in total. The van der Waals surface area contributed by atoms with E-state index < -0.39 is 0 Å². The summed E-state index contributed by atoms with van der Waals surface area (Å²) in [5.74, 6) is 0.639. The Morgan fingerprint density at radius 2 is 1.90 bits per heavy atom. The lowest BCUT2D eigenvalue weighted by atomic mass is 10.0. The number of hydrogen-bond donors (Lipinski definition) is 1. The van der Waals surface area contributed by atoms with E-state index in [0.29, 0.717) is 33.0 Å². The number of halogens is 2. The minimum atomic E-state index is -0.339. The summed E-state index contributed by atoms with van der Waals surface area (Å²) >= 11 is 12.7. The predicted octanol–water partition coefficient (Wildman–Crippen LogP) is 6.94. The van der Waals surface area contributed by atoms with Crippen molar-refractivity contribution in [3.05, 3.63) is 81.4 Å². The van der Waals surface area contributed by atoms with Gasteiger partial charge in [0.1, 0.15) is 5.76 Å². The summed E-state index contributed by atoms with van der Waals surface area (Å²) in [7, 11) is 1.54. The molecule has 0 aliphatic rings. The molecular formula is C24H27Cl2NO2. The van der Waals surface area contributed by atoms with Crippen molar-refractivity contribution in [2.45, 2.75) is 33.6 Å². The lowest BCUT2D eigenvalue weighted by Gasteiger charge is -2.12. The summed E-state index contributed by atoms with van der Waals surface area (Å²) in [6.45, 7) is 10.2. The average Bonchev–Trinajstić information content (AvgIpc) is 2.67. The molecule has 2 aromatic rings. The summed E-state index contributed by atoms with van der Waals surface area (Å²) < 4.78 is 5.45. The van der Waals surface area contributed by atoms with E-state index in [2.05, 4.69) is 32.7 Å². The molecule has 0 aliphatic heterocycles. The maximum Gasteiger partial charge on any atom is 0.255 e. The maximum atomic E-state index is 12.6. The molecule has 0 aromatic heterocycles. The zero-order valence-electron chi connectivity index (χ0n) is 17.3. The number of methoxy groups -OCH3 is 1. The molecule has 0 saturated carbocycles. The van der Waals surface area contributed by atoms with E-state index >= 15 is 0 Å². The van der Waals surface area contributed by atoms with Gasteiger partial charge in [0, 0.05) is 21.8 Å². The van der Waals surface area contributed by atoms with Gasteiger partial charge in [0.05, 0.1) is 12.1 Å². The van der Waals surface area contributed by atoms with E-state index in [9.17, 15) is 4.79 Å². The zero-order chi connectivity index (χ0) is 21.6. The van der Waals surface area contributed by atoms with Crippen molar-refractivity contribution < 1.29 is 9.53 Å². The van der Waals surface area contributed by atoms with Crippen molar-refractivity contribution in [3.8, 4) is 0 Å². The number of ether oxygens (including phenoxy) is 1. The van der Waals surface area contributed by atoms with Gasteiger partial charge in [-0.25, -0.2) is 0 Å². The molecule has 0 spiro atoms. The van der Waals surface area contributed by atoms with Crippen LogP contribution in [0.2, 0.25) is 10.0 Å². The molecule has 0 atom stereocenters. The summed E-state index contributed by atoms with van der Waals surface area (Å²) in [5.41, 5.74) is 3.77. The highest BCUT2D eigenvalue weighted by molar-refractivity contribution is 6.32. The number of nitrogens with one attached hydrogen (secondary N) is 1. The molecule has 1 amide bonds. The van der Waals surface area contributed by atoms with Gasteiger partial charge in [-0.2, -0.15) is 0 Å². The Balaban J connectivity index is 2.16. The summed E-state index contributed by atoms with van der Waals surface area (Å²) in [4.78, 5) is 12.6. The van der Waals surface area contributed by atoms with Crippen LogP contribution in [0.15, 0.2) is 54.6 Å². The molecule has 2 rings (SSSR count). The summed E-state index contributed by atoms with van der Waals surface area (Å²) in [6, 6.07) is 11.3. The van der Waals surface area contributed by atoms with E-state index in [1.165, 1.54) is 7.11 Å². The first-order valence-corrected chi connectivity index (χ1v) is 10.3. The fourth-order valence-electron chi connectivity index (χ4n) is 2.89. The van der Waals surface area contributed by atoms with Crippen molar-refractivity contribution in [2.75, 3.05) is 12.4 Å². The number of aryl methyl sites for hydroxylation is 1. The highest BCUT2D eigenvalue weighted by Gasteiger charge is 2.13. The van der Waals surface area contributed by atoms with Gasteiger partial charge in [-0.15, -0.1) is 0 Å². The molecule has 2 aromatic carbocycles. The van der Waals surface area contributed by atoms with Crippen LogP contribution in [0.3, 0.4) is 0 Å². The second-order valence-corrected chi connectivity index (χ2v) is 8.08. The Labute approximate surface area is 183 Å². The van der Waals surface area contributed by atoms with Crippen LogP contribution in [0.5, 0.6) is 0 Å². The van der Waals surface area contributed by atoms with Gasteiger partial charge in [-0.1, -0.05) is 62.7 Å². The number of rotatable bonds is 8. The molecule has 0 aliphatic carbocycles. The van der Waals surface area contributed by atoms with Gasteiger partial charge in [-0.3, -0.25) is 4.79 Å². The van der Waals surface area contributed by atoms with Crippen molar-refractivity contribution in [1.29, 1.82) is 0 Å².